The van der Waals surface area contributed by atoms with Crippen LogP contribution in [0.3, 0.4) is 0 Å². The number of methoxy groups -OCH3 is 1. The van der Waals surface area contributed by atoms with Crippen molar-refractivity contribution < 1.29 is 27.5 Å². The Hall–Kier alpha value is -2.39. The van der Waals surface area contributed by atoms with Crippen molar-refractivity contribution in [1.29, 1.82) is 0 Å². The molecular weight excluding hydrogens is 365 g/mol. The predicted octanol–water partition coefficient (Wildman–Crippen LogP) is 1.87. The van der Waals surface area contributed by atoms with Crippen molar-refractivity contribution in [3.63, 3.8) is 0 Å². The van der Waals surface area contributed by atoms with Crippen molar-refractivity contribution in [1.82, 2.24) is 9.97 Å². The molecule has 146 valence electrons. The van der Waals surface area contributed by atoms with Crippen LogP contribution in [0.2, 0.25) is 0 Å². The fourth-order valence-corrected chi connectivity index (χ4v) is 3.95. The molecule has 0 bridgehead atoms. The second-order valence-corrected chi connectivity index (χ2v) is 7.32. The Labute approximate surface area is 153 Å². The summed E-state index contributed by atoms with van der Waals surface area (Å²) in [7, 11) is 1.28. The molecule has 1 aliphatic carbocycles. The lowest BCUT2D eigenvalue weighted by atomic mass is 10.1. The third kappa shape index (κ3) is 3.00. The first-order valence-corrected chi connectivity index (χ1v) is 8.82. The molecule has 3 unspecified atom stereocenters. The summed E-state index contributed by atoms with van der Waals surface area (Å²) in [6.45, 7) is 2.73. The van der Waals surface area contributed by atoms with Crippen LogP contribution in [-0.2, 0) is 20.5 Å². The van der Waals surface area contributed by atoms with Crippen LogP contribution in [0, 0.1) is 17.8 Å². The Morgan fingerprint density at radius 2 is 2.11 bits per heavy atom. The number of hydrogen-bond acceptors (Lipinski definition) is 6. The highest BCUT2D eigenvalue weighted by Gasteiger charge is 2.62. The monoisotopic (exact) mass is 384 g/mol. The number of piperidine rings is 1. The quantitative estimate of drug-likeness (QED) is 0.738. The summed E-state index contributed by atoms with van der Waals surface area (Å²) in [6, 6.07) is 0.889. The largest absolute Gasteiger partial charge is 0.469 e. The summed E-state index contributed by atoms with van der Waals surface area (Å²) >= 11 is 0. The normalized spacial score (nSPS) is 29.4. The molecule has 0 N–H and O–H groups in total. The second kappa shape index (κ2) is 6.07. The molecule has 0 spiro atoms. The van der Waals surface area contributed by atoms with E-state index < -0.39 is 11.9 Å². The average molecular weight is 384 g/mol. The average Bonchev–Trinajstić information content (AvgIpc) is 3.15. The summed E-state index contributed by atoms with van der Waals surface area (Å²) in [5.41, 5.74) is -1.05. The second-order valence-electron chi connectivity index (χ2n) is 7.32. The first kappa shape index (κ1) is 18.0. The zero-order valence-electron chi connectivity index (χ0n) is 14.9. The Bertz CT molecular complexity index is 800. The van der Waals surface area contributed by atoms with E-state index in [2.05, 4.69) is 14.7 Å². The number of rotatable bonds is 4. The molecule has 2 aliphatic heterocycles. The topological polar surface area (TPSA) is 75.6 Å². The van der Waals surface area contributed by atoms with Crippen LogP contribution in [0.4, 0.5) is 24.9 Å². The van der Waals surface area contributed by atoms with Crippen molar-refractivity contribution >= 4 is 23.6 Å². The number of carbonyl (C=O) groups is 2. The van der Waals surface area contributed by atoms with E-state index in [-0.39, 0.29) is 60.4 Å². The molecule has 4 atom stereocenters. The minimum atomic E-state index is -4.63. The number of amides is 1. The summed E-state index contributed by atoms with van der Waals surface area (Å²) < 4.78 is 44.5. The molecule has 0 aromatic carbocycles. The van der Waals surface area contributed by atoms with Gasteiger partial charge in [0.1, 0.15) is 5.82 Å². The fourth-order valence-electron chi connectivity index (χ4n) is 3.95. The van der Waals surface area contributed by atoms with Crippen LogP contribution >= 0.6 is 0 Å². The van der Waals surface area contributed by atoms with E-state index in [4.69, 9.17) is 0 Å². The highest BCUT2D eigenvalue weighted by Crippen LogP contribution is 2.55. The van der Waals surface area contributed by atoms with Gasteiger partial charge in [-0.15, -0.1) is 0 Å². The third-order valence-electron chi connectivity index (χ3n) is 5.75. The molecule has 0 radical (unpaired) electrons. The standard InChI is InChI=1S/C17H19F3N4O3/c1-8-3-4-23(8)16-21-11(17(18,19)20)6-12(22-16)24-7-10-9(5-13(25)27-2)14(10)15(24)26/h6,8-10,14H,3-5,7H2,1-2H3/t8-,9?,10?,14?/m0/s1. The number of aromatic nitrogens is 2. The van der Waals surface area contributed by atoms with Gasteiger partial charge in [0.25, 0.3) is 0 Å². The van der Waals surface area contributed by atoms with Crippen molar-refractivity contribution in [2.24, 2.45) is 17.8 Å². The minimum absolute atomic E-state index is 0.00180. The molecule has 10 heteroatoms. The zero-order chi connectivity index (χ0) is 19.5. The summed E-state index contributed by atoms with van der Waals surface area (Å²) in [5.74, 6) is -1.20. The molecule has 2 saturated heterocycles. The van der Waals surface area contributed by atoms with E-state index >= 15 is 0 Å². The third-order valence-corrected chi connectivity index (χ3v) is 5.75. The molecule has 7 nitrogen and oxygen atoms in total. The lowest BCUT2D eigenvalue weighted by molar-refractivity contribution is -0.142. The van der Waals surface area contributed by atoms with Gasteiger partial charge in [0.15, 0.2) is 5.69 Å². The number of anilines is 2. The number of nitrogens with zero attached hydrogens (tertiary/aromatic N) is 4. The number of carbonyl (C=O) groups excluding carboxylic acids is 2. The van der Waals surface area contributed by atoms with Crippen molar-refractivity contribution in [2.75, 3.05) is 30.0 Å². The van der Waals surface area contributed by atoms with Gasteiger partial charge in [0.2, 0.25) is 11.9 Å². The summed E-state index contributed by atoms with van der Waals surface area (Å²) in [5, 5.41) is 0. The fraction of sp³-hybridized carbons (Fsp3) is 0.647. The van der Waals surface area contributed by atoms with Crippen LogP contribution < -0.4 is 9.80 Å². The van der Waals surface area contributed by atoms with E-state index in [1.165, 1.54) is 12.0 Å². The van der Waals surface area contributed by atoms with Crippen molar-refractivity contribution in [3.05, 3.63) is 11.8 Å². The molecule has 27 heavy (non-hydrogen) atoms. The first-order valence-electron chi connectivity index (χ1n) is 8.82. The van der Waals surface area contributed by atoms with Gasteiger partial charge >= 0.3 is 12.1 Å². The SMILES string of the molecule is COC(=O)CC1C2CN(c3cc(C(F)(F)F)nc(N4CC[C@@H]4C)n3)C(=O)C12. The molecular formula is C17H19F3N4O3. The van der Waals surface area contributed by atoms with Gasteiger partial charge in [-0.3, -0.25) is 14.5 Å². The Balaban J connectivity index is 1.58. The van der Waals surface area contributed by atoms with Crippen LogP contribution in [0.15, 0.2) is 6.07 Å². The highest BCUT2D eigenvalue weighted by atomic mass is 19.4. The van der Waals surface area contributed by atoms with Crippen LogP contribution in [-0.4, -0.2) is 48.1 Å². The maximum atomic E-state index is 13.3. The number of halogens is 3. The van der Waals surface area contributed by atoms with Gasteiger partial charge in [-0.25, -0.2) is 4.98 Å². The van der Waals surface area contributed by atoms with Crippen LogP contribution in [0.1, 0.15) is 25.5 Å². The van der Waals surface area contributed by atoms with Gasteiger partial charge < -0.3 is 9.64 Å². The first-order chi connectivity index (χ1) is 12.7. The lowest BCUT2D eigenvalue weighted by Crippen LogP contribution is -2.47. The Morgan fingerprint density at radius 1 is 1.37 bits per heavy atom. The van der Waals surface area contributed by atoms with Gasteiger partial charge in [-0.2, -0.15) is 18.2 Å². The maximum absolute atomic E-state index is 13.3. The molecule has 1 amide bonds. The minimum Gasteiger partial charge on any atom is -0.469 e. The molecule has 4 rings (SSSR count). The van der Waals surface area contributed by atoms with Gasteiger partial charge in [0.05, 0.1) is 7.11 Å². The van der Waals surface area contributed by atoms with E-state index in [0.29, 0.717) is 6.54 Å². The number of fused-ring (bicyclic) bond motifs is 1. The van der Waals surface area contributed by atoms with E-state index in [0.717, 1.165) is 12.5 Å². The number of ether oxygens (including phenoxy) is 1. The number of alkyl halides is 3. The van der Waals surface area contributed by atoms with Crippen LogP contribution in [0.5, 0.6) is 0 Å². The van der Waals surface area contributed by atoms with Crippen molar-refractivity contribution in [2.45, 2.75) is 32.0 Å². The van der Waals surface area contributed by atoms with E-state index in [1.807, 2.05) is 6.92 Å². The number of esters is 1. The molecule has 1 saturated carbocycles. The summed E-state index contributed by atoms with van der Waals surface area (Å²) in [6.07, 6.45) is -3.61. The van der Waals surface area contributed by atoms with E-state index in [1.54, 1.807) is 4.90 Å². The van der Waals surface area contributed by atoms with Gasteiger partial charge in [0, 0.05) is 37.5 Å². The van der Waals surface area contributed by atoms with E-state index in [9.17, 15) is 22.8 Å². The lowest BCUT2D eigenvalue weighted by Gasteiger charge is -2.39. The van der Waals surface area contributed by atoms with Crippen LogP contribution in [0.25, 0.3) is 0 Å². The molecule has 1 aromatic rings. The Morgan fingerprint density at radius 3 is 2.59 bits per heavy atom. The molecule has 3 fully saturated rings. The molecule has 3 aliphatic rings. The molecule has 3 heterocycles. The highest BCUT2D eigenvalue weighted by molar-refractivity contribution is 6.00. The van der Waals surface area contributed by atoms with Gasteiger partial charge in [-0.05, 0) is 25.2 Å². The zero-order valence-corrected chi connectivity index (χ0v) is 14.9. The van der Waals surface area contributed by atoms with Crippen molar-refractivity contribution in [3.8, 4) is 0 Å². The summed E-state index contributed by atoms with van der Waals surface area (Å²) in [4.78, 5) is 34.9. The molecule has 1 aromatic heterocycles. The smallest absolute Gasteiger partial charge is 0.433 e. The predicted molar refractivity (Wildman–Crippen MR) is 87.9 cm³/mol. The van der Waals surface area contributed by atoms with Gasteiger partial charge in [-0.1, -0.05) is 0 Å². The maximum Gasteiger partial charge on any atom is 0.433 e. The number of hydrogen-bond donors (Lipinski definition) is 0. The Kier molecular flexibility index (Phi) is 4.04.